The molecular formula is C19H17F4NO5. The van der Waals surface area contributed by atoms with E-state index in [1.165, 1.54) is 24.3 Å². The lowest BCUT2D eigenvalue weighted by Crippen LogP contribution is -2.40. The number of hydrogen-bond donors (Lipinski definition) is 2. The highest BCUT2D eigenvalue weighted by Crippen LogP contribution is 2.49. The molecule has 29 heavy (non-hydrogen) atoms. The zero-order valence-corrected chi connectivity index (χ0v) is 14.9. The molecule has 6 nitrogen and oxygen atoms in total. The molecule has 10 heteroatoms. The molecule has 0 radical (unpaired) electrons. The molecule has 0 saturated heterocycles. The summed E-state index contributed by atoms with van der Waals surface area (Å²) in [4.78, 5) is 35.9. The molecule has 0 unspecified atom stereocenters. The second kappa shape index (κ2) is 7.84. The Kier molecular flexibility index (Phi) is 5.63. The molecule has 1 aromatic rings. The molecule has 156 valence electrons. The van der Waals surface area contributed by atoms with Crippen molar-refractivity contribution in [3.05, 3.63) is 42.0 Å². The zero-order valence-electron chi connectivity index (χ0n) is 14.9. The molecule has 3 rings (SSSR count). The van der Waals surface area contributed by atoms with Gasteiger partial charge in [0.25, 0.3) is 0 Å². The normalized spacial score (nSPS) is 25.3. The van der Waals surface area contributed by atoms with Crippen LogP contribution in [0.3, 0.4) is 0 Å². The monoisotopic (exact) mass is 415 g/mol. The number of esters is 1. The Labute approximate surface area is 162 Å². The zero-order chi connectivity index (χ0) is 21.3. The van der Waals surface area contributed by atoms with Gasteiger partial charge in [0.15, 0.2) is 6.61 Å². The highest BCUT2D eigenvalue weighted by molar-refractivity contribution is 5.97. The lowest BCUT2D eigenvalue weighted by atomic mass is 9.82. The maximum atomic E-state index is 13.1. The first-order valence-corrected chi connectivity index (χ1v) is 8.75. The van der Waals surface area contributed by atoms with Gasteiger partial charge in [-0.1, -0.05) is 12.2 Å². The van der Waals surface area contributed by atoms with Crippen LogP contribution in [0.15, 0.2) is 36.4 Å². The molecule has 1 saturated carbocycles. The molecule has 2 aliphatic rings. The van der Waals surface area contributed by atoms with Crippen LogP contribution in [-0.4, -0.2) is 41.9 Å². The number of carboxylic acid groups (broad SMARTS) is 1. The van der Waals surface area contributed by atoms with Gasteiger partial charge in [-0.05, 0) is 42.5 Å². The molecule has 2 N–H and O–H groups in total. The van der Waals surface area contributed by atoms with E-state index in [-0.39, 0.29) is 11.5 Å². The molecule has 0 aromatic heterocycles. The van der Waals surface area contributed by atoms with Crippen molar-refractivity contribution in [3.63, 3.8) is 0 Å². The first kappa shape index (κ1) is 20.8. The van der Waals surface area contributed by atoms with Crippen molar-refractivity contribution in [1.82, 2.24) is 0 Å². The second-order valence-corrected chi connectivity index (χ2v) is 7.04. The largest absolute Gasteiger partial charge is 0.478 e. The Morgan fingerprint density at radius 1 is 1.10 bits per heavy atom. The summed E-state index contributed by atoms with van der Waals surface area (Å²) in [6.45, 7) is -1.76. The number of aromatic carboxylic acids is 1. The lowest BCUT2D eigenvalue weighted by molar-refractivity contribution is -0.184. The van der Waals surface area contributed by atoms with Crippen molar-refractivity contribution in [2.24, 2.45) is 23.7 Å². The number of alkyl halides is 4. The highest BCUT2D eigenvalue weighted by atomic mass is 19.3. The summed E-state index contributed by atoms with van der Waals surface area (Å²) < 4.78 is 55.1. The van der Waals surface area contributed by atoms with Gasteiger partial charge in [0, 0.05) is 5.69 Å². The maximum Gasteiger partial charge on any atom is 0.340 e. The van der Waals surface area contributed by atoms with E-state index in [2.05, 4.69) is 10.1 Å². The number of anilines is 1. The first-order chi connectivity index (χ1) is 13.6. The number of carbonyl (C=O) groups is 3. The average molecular weight is 415 g/mol. The number of benzene rings is 1. The fraction of sp³-hybridized carbons (Fsp3) is 0.421. The molecule has 2 aliphatic carbocycles. The van der Waals surface area contributed by atoms with Gasteiger partial charge in [-0.3, -0.25) is 9.59 Å². The van der Waals surface area contributed by atoms with Crippen LogP contribution in [0.4, 0.5) is 23.2 Å². The predicted octanol–water partition coefficient (Wildman–Crippen LogP) is 3.21. The molecule has 0 aliphatic heterocycles. The van der Waals surface area contributed by atoms with E-state index in [1.54, 1.807) is 12.2 Å². The molecular weight excluding hydrogens is 398 g/mol. The van der Waals surface area contributed by atoms with Crippen molar-refractivity contribution < 1.29 is 41.8 Å². The number of halogens is 4. The minimum atomic E-state index is -4.47. The average Bonchev–Trinajstić information content (AvgIpc) is 3.28. The van der Waals surface area contributed by atoms with Crippen LogP contribution >= 0.6 is 0 Å². The van der Waals surface area contributed by atoms with E-state index in [0.717, 1.165) is 0 Å². The minimum absolute atomic E-state index is 0.0206. The minimum Gasteiger partial charge on any atom is -0.478 e. The molecule has 4 atom stereocenters. The van der Waals surface area contributed by atoms with Crippen molar-refractivity contribution >= 4 is 23.5 Å². The van der Waals surface area contributed by atoms with E-state index in [1.807, 2.05) is 0 Å². The van der Waals surface area contributed by atoms with Gasteiger partial charge in [-0.25, -0.2) is 13.6 Å². The number of carboxylic acids is 1. The van der Waals surface area contributed by atoms with Crippen molar-refractivity contribution in [3.8, 4) is 0 Å². The number of allylic oxidation sites excluding steroid dienone is 2. The van der Waals surface area contributed by atoms with Gasteiger partial charge in [-0.15, -0.1) is 0 Å². The summed E-state index contributed by atoms with van der Waals surface area (Å²) in [5, 5.41) is 11.5. The summed E-state index contributed by atoms with van der Waals surface area (Å²) in [6.07, 6.45) is -0.0861. The number of nitrogens with one attached hydrogen (secondary N) is 1. The molecule has 0 spiro atoms. The van der Waals surface area contributed by atoms with Crippen molar-refractivity contribution in [2.45, 2.75) is 18.8 Å². The van der Waals surface area contributed by atoms with Crippen LogP contribution in [0.2, 0.25) is 0 Å². The predicted molar refractivity (Wildman–Crippen MR) is 91.7 cm³/mol. The topological polar surface area (TPSA) is 92.7 Å². The fourth-order valence-corrected chi connectivity index (χ4v) is 3.75. The highest BCUT2D eigenvalue weighted by Gasteiger charge is 2.53. The quantitative estimate of drug-likeness (QED) is 0.405. The maximum absolute atomic E-state index is 13.1. The van der Waals surface area contributed by atoms with Crippen LogP contribution in [0, 0.1) is 23.7 Å². The summed E-state index contributed by atoms with van der Waals surface area (Å²) in [6, 6.07) is 5.33. The fourth-order valence-electron chi connectivity index (χ4n) is 3.75. The summed E-state index contributed by atoms with van der Waals surface area (Å²) >= 11 is 0. The van der Waals surface area contributed by atoms with Crippen LogP contribution in [0.1, 0.15) is 16.8 Å². The summed E-state index contributed by atoms with van der Waals surface area (Å²) in [7, 11) is 0. The Bertz CT molecular complexity index is 840. The smallest absolute Gasteiger partial charge is 0.340 e. The van der Waals surface area contributed by atoms with Crippen LogP contribution in [-0.2, 0) is 14.3 Å². The Morgan fingerprint density at radius 3 is 2.24 bits per heavy atom. The summed E-state index contributed by atoms with van der Waals surface area (Å²) in [5.74, 6) is -9.97. The van der Waals surface area contributed by atoms with Gasteiger partial charge >= 0.3 is 24.3 Å². The Balaban J connectivity index is 1.69. The van der Waals surface area contributed by atoms with Gasteiger partial charge in [0.05, 0.1) is 17.4 Å². The van der Waals surface area contributed by atoms with Crippen LogP contribution in [0.25, 0.3) is 0 Å². The summed E-state index contributed by atoms with van der Waals surface area (Å²) in [5.41, 5.74) is 0.315. The van der Waals surface area contributed by atoms with E-state index >= 15 is 0 Å². The second-order valence-electron chi connectivity index (χ2n) is 7.04. The molecule has 1 amide bonds. The number of rotatable bonds is 7. The van der Waals surface area contributed by atoms with Gasteiger partial charge in [0.2, 0.25) is 5.91 Å². The first-order valence-electron chi connectivity index (χ1n) is 8.75. The number of carbonyl (C=O) groups excluding carboxylic acids is 2. The van der Waals surface area contributed by atoms with E-state index in [9.17, 15) is 31.9 Å². The van der Waals surface area contributed by atoms with E-state index < -0.39 is 54.6 Å². The number of fused-ring (bicyclic) bond motifs is 2. The third-order valence-corrected chi connectivity index (χ3v) is 5.16. The lowest BCUT2D eigenvalue weighted by Gasteiger charge is -2.26. The van der Waals surface area contributed by atoms with E-state index in [4.69, 9.17) is 5.11 Å². The number of amides is 1. The number of hydrogen-bond acceptors (Lipinski definition) is 4. The van der Waals surface area contributed by atoms with Crippen LogP contribution in [0.5, 0.6) is 0 Å². The Morgan fingerprint density at radius 2 is 1.69 bits per heavy atom. The Hall–Kier alpha value is -2.91. The van der Waals surface area contributed by atoms with Gasteiger partial charge in [-0.2, -0.15) is 8.78 Å². The van der Waals surface area contributed by atoms with Crippen molar-refractivity contribution in [1.29, 1.82) is 0 Å². The van der Waals surface area contributed by atoms with Crippen LogP contribution < -0.4 is 5.32 Å². The molecule has 2 bridgehead atoms. The standard InChI is InChI=1S/C19H17F4NO5/c20-18(21)19(22,23)8-29-17(28)14-11-2-1-10(7-11)13(14)15(25)24-12-5-3-9(4-6-12)16(26)27/h1-6,10-11,13-14,18H,7-8H2,(H,24,25)(H,26,27)/t10-,11-,13+,14-/m0/s1. The third kappa shape index (κ3) is 4.25. The number of ether oxygens (including phenoxy) is 1. The van der Waals surface area contributed by atoms with Gasteiger partial charge < -0.3 is 15.2 Å². The van der Waals surface area contributed by atoms with Gasteiger partial charge in [0.1, 0.15) is 0 Å². The van der Waals surface area contributed by atoms with Crippen molar-refractivity contribution in [2.75, 3.05) is 11.9 Å². The molecule has 1 fully saturated rings. The molecule has 0 heterocycles. The third-order valence-electron chi connectivity index (χ3n) is 5.16. The molecule has 1 aromatic carbocycles. The SMILES string of the molecule is O=C(O)c1ccc(NC(=O)[C@H]2[C@@H](C(=O)OCC(F)(F)C(F)F)[C@H]3C=C[C@H]2C3)cc1. The van der Waals surface area contributed by atoms with E-state index in [0.29, 0.717) is 12.1 Å².